The van der Waals surface area contributed by atoms with Gasteiger partial charge < -0.3 is 15.8 Å². The van der Waals surface area contributed by atoms with E-state index in [4.69, 9.17) is 5.73 Å². The molecule has 148 valence electrons. The molecule has 1 aromatic rings. The molecule has 0 saturated heterocycles. The van der Waals surface area contributed by atoms with Crippen LogP contribution in [0.1, 0.15) is 31.2 Å². The average Bonchev–Trinajstić information content (AvgIpc) is 2.92. The summed E-state index contributed by atoms with van der Waals surface area (Å²) in [6.45, 7) is -1.61. The van der Waals surface area contributed by atoms with E-state index in [1.807, 2.05) is 0 Å². The highest BCUT2D eigenvalue weighted by molar-refractivity contribution is 5.91. The Hall–Kier alpha value is -1.38. The highest BCUT2D eigenvalue weighted by Gasteiger charge is 2.40. The lowest BCUT2D eigenvalue weighted by Crippen LogP contribution is -2.32. The highest BCUT2D eigenvalue weighted by atomic mass is 35.5. The molecule has 26 heavy (non-hydrogen) atoms. The minimum absolute atomic E-state index is 0. The van der Waals surface area contributed by atoms with Crippen molar-refractivity contribution in [3.05, 3.63) is 29.8 Å². The number of rotatable bonds is 8. The first-order valence-electron chi connectivity index (χ1n) is 8.16. The van der Waals surface area contributed by atoms with Crippen LogP contribution in [0.4, 0.5) is 23.2 Å². The van der Waals surface area contributed by atoms with E-state index in [1.54, 1.807) is 24.3 Å². The number of halogens is 5. The molecule has 1 aliphatic rings. The lowest BCUT2D eigenvalue weighted by molar-refractivity contribution is -0.168. The predicted molar refractivity (Wildman–Crippen MR) is 92.9 cm³/mol. The third-order valence-corrected chi connectivity index (χ3v) is 4.26. The summed E-state index contributed by atoms with van der Waals surface area (Å²) in [4.78, 5) is 12.1. The van der Waals surface area contributed by atoms with Gasteiger partial charge in [0.15, 0.2) is 0 Å². The lowest BCUT2D eigenvalue weighted by Gasteiger charge is -2.16. The van der Waals surface area contributed by atoms with E-state index in [9.17, 15) is 22.4 Å². The van der Waals surface area contributed by atoms with Crippen molar-refractivity contribution < 1.29 is 27.1 Å². The van der Waals surface area contributed by atoms with Crippen molar-refractivity contribution in [3.8, 4) is 0 Å². The van der Waals surface area contributed by atoms with E-state index >= 15 is 0 Å². The molecular weight excluding hydrogens is 376 g/mol. The molecule has 1 amide bonds. The fraction of sp³-hybridized carbons (Fsp3) is 0.588. The van der Waals surface area contributed by atoms with Crippen LogP contribution in [0.25, 0.3) is 0 Å². The van der Waals surface area contributed by atoms with E-state index in [-0.39, 0.29) is 36.9 Å². The number of nitrogens with one attached hydrogen (secondary N) is 1. The third-order valence-electron chi connectivity index (χ3n) is 4.26. The molecule has 2 atom stereocenters. The summed E-state index contributed by atoms with van der Waals surface area (Å²) in [6.07, 6.45) is -0.549. The number of anilines is 1. The van der Waals surface area contributed by atoms with Crippen LogP contribution in [-0.2, 0) is 16.1 Å². The number of hydrogen-bond acceptors (Lipinski definition) is 3. The minimum Gasteiger partial charge on any atom is -0.370 e. The van der Waals surface area contributed by atoms with E-state index in [2.05, 4.69) is 10.1 Å². The summed E-state index contributed by atoms with van der Waals surface area (Å²) in [5.41, 5.74) is 6.94. The molecule has 3 N–H and O–H groups in total. The first-order valence-corrected chi connectivity index (χ1v) is 8.16. The predicted octanol–water partition coefficient (Wildman–Crippen LogP) is 3.98. The molecule has 9 heteroatoms. The van der Waals surface area contributed by atoms with Gasteiger partial charge in [-0.15, -0.1) is 12.4 Å². The van der Waals surface area contributed by atoms with Crippen LogP contribution in [0, 0.1) is 5.92 Å². The second-order valence-corrected chi connectivity index (χ2v) is 6.36. The number of benzene rings is 1. The van der Waals surface area contributed by atoms with E-state index in [0.717, 1.165) is 19.3 Å². The van der Waals surface area contributed by atoms with Gasteiger partial charge in [-0.05, 0) is 36.5 Å². The van der Waals surface area contributed by atoms with Crippen LogP contribution in [0.3, 0.4) is 0 Å². The molecule has 0 aromatic heterocycles. The molecule has 1 aromatic carbocycles. The van der Waals surface area contributed by atoms with Gasteiger partial charge in [0.25, 0.3) is 0 Å². The van der Waals surface area contributed by atoms with Crippen molar-refractivity contribution in [2.45, 2.75) is 50.7 Å². The van der Waals surface area contributed by atoms with Gasteiger partial charge in [0, 0.05) is 18.2 Å². The molecule has 0 radical (unpaired) electrons. The van der Waals surface area contributed by atoms with Crippen molar-refractivity contribution in [1.29, 1.82) is 0 Å². The number of alkyl halides is 4. The van der Waals surface area contributed by atoms with Crippen LogP contribution >= 0.6 is 12.4 Å². The molecule has 0 bridgehead atoms. The Bertz CT molecular complexity index is 590. The first-order chi connectivity index (χ1) is 11.8. The van der Waals surface area contributed by atoms with E-state index in [0.29, 0.717) is 17.7 Å². The Balaban J connectivity index is 0.00000338. The number of carbonyl (C=O) groups excluding carboxylic acids is 1. The lowest BCUT2D eigenvalue weighted by atomic mass is 10.00. The van der Waals surface area contributed by atoms with Gasteiger partial charge in [-0.2, -0.15) is 8.78 Å². The molecule has 0 spiro atoms. The average molecular weight is 399 g/mol. The van der Waals surface area contributed by atoms with Gasteiger partial charge in [0.05, 0.1) is 6.61 Å². The van der Waals surface area contributed by atoms with Crippen LogP contribution in [-0.4, -0.2) is 30.9 Å². The molecule has 0 unspecified atom stereocenters. The number of ether oxygens (including phenoxy) is 1. The van der Waals surface area contributed by atoms with Gasteiger partial charge in [0.1, 0.15) is 6.61 Å². The fourth-order valence-corrected chi connectivity index (χ4v) is 2.88. The van der Waals surface area contributed by atoms with Crippen molar-refractivity contribution in [1.82, 2.24) is 0 Å². The first kappa shape index (κ1) is 22.7. The van der Waals surface area contributed by atoms with E-state index in [1.165, 1.54) is 0 Å². The Morgan fingerprint density at radius 2 is 2.08 bits per heavy atom. The van der Waals surface area contributed by atoms with Gasteiger partial charge in [-0.3, -0.25) is 4.79 Å². The maximum absolute atomic E-state index is 12.8. The van der Waals surface area contributed by atoms with Crippen LogP contribution in [0.15, 0.2) is 24.3 Å². The van der Waals surface area contributed by atoms with Crippen LogP contribution in [0.2, 0.25) is 0 Å². The maximum atomic E-state index is 12.8. The SMILES string of the molecule is Cl.N[C@@H]1CCC[C@H]1CC(=O)Nc1cccc(COCC(F)(F)C(F)F)c1. The highest BCUT2D eigenvalue weighted by Crippen LogP contribution is 2.27. The minimum atomic E-state index is -4.17. The Kier molecular flexibility index (Phi) is 8.79. The smallest absolute Gasteiger partial charge is 0.330 e. The summed E-state index contributed by atoms with van der Waals surface area (Å²) in [5, 5.41) is 2.74. The molecule has 0 aliphatic heterocycles. The van der Waals surface area contributed by atoms with Gasteiger partial charge in [-0.25, -0.2) is 8.78 Å². The van der Waals surface area contributed by atoms with Crippen molar-refractivity contribution in [3.63, 3.8) is 0 Å². The molecular formula is C17H23ClF4N2O2. The zero-order valence-electron chi connectivity index (χ0n) is 14.1. The fourth-order valence-electron chi connectivity index (χ4n) is 2.88. The van der Waals surface area contributed by atoms with Crippen LogP contribution < -0.4 is 11.1 Å². The summed E-state index contributed by atoms with van der Waals surface area (Å²) >= 11 is 0. The number of amides is 1. The van der Waals surface area contributed by atoms with Gasteiger partial charge in [-0.1, -0.05) is 18.6 Å². The van der Waals surface area contributed by atoms with Crippen molar-refractivity contribution in [2.75, 3.05) is 11.9 Å². The number of nitrogens with two attached hydrogens (primary N) is 1. The Morgan fingerprint density at radius 3 is 2.69 bits per heavy atom. The van der Waals surface area contributed by atoms with Gasteiger partial charge >= 0.3 is 12.3 Å². The molecule has 2 rings (SSSR count). The molecule has 0 heterocycles. The topological polar surface area (TPSA) is 64.4 Å². The zero-order valence-corrected chi connectivity index (χ0v) is 14.9. The maximum Gasteiger partial charge on any atom is 0.330 e. The summed E-state index contributed by atoms with van der Waals surface area (Å²) in [5.74, 6) is -4.17. The second kappa shape index (κ2) is 10.1. The standard InChI is InChI=1S/C17H22F4N2O2.ClH/c18-16(19)17(20,21)10-25-9-11-3-1-5-13(7-11)23-15(24)8-12-4-2-6-14(12)22;/h1,3,5,7,12,14,16H,2,4,6,8-10,22H2,(H,23,24);1H/t12-,14+;/m0./s1. The van der Waals surface area contributed by atoms with Gasteiger partial charge in [0.2, 0.25) is 5.91 Å². The Labute approximate surface area is 155 Å². The van der Waals surface area contributed by atoms with Crippen molar-refractivity contribution >= 4 is 24.0 Å². The number of carbonyl (C=O) groups is 1. The van der Waals surface area contributed by atoms with Crippen LogP contribution in [0.5, 0.6) is 0 Å². The molecule has 4 nitrogen and oxygen atoms in total. The second-order valence-electron chi connectivity index (χ2n) is 6.36. The largest absolute Gasteiger partial charge is 0.370 e. The van der Waals surface area contributed by atoms with E-state index < -0.39 is 19.0 Å². The van der Waals surface area contributed by atoms with Crippen molar-refractivity contribution in [2.24, 2.45) is 11.7 Å². The normalized spacial score (nSPS) is 20.1. The monoisotopic (exact) mass is 398 g/mol. The summed E-state index contributed by atoms with van der Waals surface area (Å²) < 4.78 is 54.3. The third kappa shape index (κ3) is 6.74. The molecule has 1 aliphatic carbocycles. The quantitative estimate of drug-likeness (QED) is 0.651. The summed E-state index contributed by atoms with van der Waals surface area (Å²) in [7, 11) is 0. The molecule has 1 fully saturated rings. The molecule has 1 saturated carbocycles. The Morgan fingerprint density at radius 1 is 1.35 bits per heavy atom. The number of hydrogen-bond donors (Lipinski definition) is 2. The zero-order chi connectivity index (χ0) is 18.4. The summed E-state index contributed by atoms with van der Waals surface area (Å²) in [6, 6.07) is 6.49.